The van der Waals surface area contributed by atoms with Gasteiger partial charge in [0.1, 0.15) is 0 Å². The molecule has 3 rings (SSSR count). The number of thioether (sulfide) groups is 1. The lowest BCUT2D eigenvalue weighted by Gasteiger charge is -2.18. The van der Waals surface area contributed by atoms with E-state index in [0.29, 0.717) is 22.2 Å². The number of nitrogens with zero attached hydrogens (tertiary/aromatic N) is 2. The maximum absolute atomic E-state index is 12.4. The number of amides is 1. The summed E-state index contributed by atoms with van der Waals surface area (Å²) in [4.78, 5) is 12.4. The molecule has 1 aliphatic carbocycles. The van der Waals surface area contributed by atoms with E-state index in [2.05, 4.69) is 15.5 Å². The molecule has 1 saturated carbocycles. The van der Waals surface area contributed by atoms with E-state index >= 15 is 0 Å². The van der Waals surface area contributed by atoms with Gasteiger partial charge in [0.15, 0.2) is 0 Å². The number of aromatic nitrogens is 2. The molecule has 1 heterocycles. The number of benzene rings is 1. The van der Waals surface area contributed by atoms with Crippen molar-refractivity contribution in [1.29, 1.82) is 0 Å². The third-order valence-corrected chi connectivity index (χ3v) is 5.50. The van der Waals surface area contributed by atoms with Gasteiger partial charge in [-0.1, -0.05) is 55.1 Å². The van der Waals surface area contributed by atoms with E-state index in [1.807, 2.05) is 19.1 Å². The van der Waals surface area contributed by atoms with Crippen molar-refractivity contribution in [3.05, 3.63) is 29.3 Å². The molecule has 1 aliphatic rings. The molecule has 0 spiro atoms. The van der Waals surface area contributed by atoms with Crippen molar-refractivity contribution in [1.82, 2.24) is 15.5 Å². The van der Waals surface area contributed by atoms with Gasteiger partial charge in [-0.25, -0.2) is 0 Å². The topological polar surface area (TPSA) is 68.0 Å². The van der Waals surface area contributed by atoms with Gasteiger partial charge in [-0.05, 0) is 38.0 Å². The molecule has 7 heteroatoms. The number of carbonyl (C=O) groups excluding carboxylic acids is 1. The highest BCUT2D eigenvalue weighted by atomic mass is 35.5. The van der Waals surface area contributed by atoms with E-state index in [4.69, 9.17) is 16.0 Å². The number of carbonyl (C=O) groups is 1. The van der Waals surface area contributed by atoms with E-state index in [9.17, 15) is 4.79 Å². The molecule has 1 N–H and O–H groups in total. The number of hydrogen-bond acceptors (Lipinski definition) is 5. The molecule has 0 radical (unpaired) electrons. The van der Waals surface area contributed by atoms with Crippen LogP contribution in [0, 0.1) is 0 Å². The number of nitrogens with one attached hydrogen (secondary N) is 1. The summed E-state index contributed by atoms with van der Waals surface area (Å²) in [6.07, 6.45) is 7.07. The summed E-state index contributed by atoms with van der Waals surface area (Å²) >= 11 is 7.26. The second-order valence-electron chi connectivity index (χ2n) is 6.34. The van der Waals surface area contributed by atoms with Gasteiger partial charge in [-0.3, -0.25) is 4.79 Å². The van der Waals surface area contributed by atoms with Crippen LogP contribution in [0.2, 0.25) is 5.02 Å². The summed E-state index contributed by atoms with van der Waals surface area (Å²) in [6, 6.07) is 7.54. The van der Waals surface area contributed by atoms with E-state index in [1.54, 1.807) is 12.1 Å². The highest BCUT2D eigenvalue weighted by Gasteiger charge is 2.22. The van der Waals surface area contributed by atoms with Crippen LogP contribution in [0.15, 0.2) is 33.9 Å². The van der Waals surface area contributed by atoms with Crippen molar-refractivity contribution in [3.8, 4) is 11.5 Å². The Labute approximate surface area is 156 Å². The Morgan fingerprint density at radius 3 is 2.76 bits per heavy atom. The largest absolute Gasteiger partial charge is 0.411 e. The third kappa shape index (κ3) is 5.22. The molecular formula is C18H22ClN3O2S. The predicted octanol–water partition coefficient (Wildman–Crippen LogP) is 4.71. The molecule has 1 aromatic heterocycles. The maximum atomic E-state index is 12.4. The van der Waals surface area contributed by atoms with Crippen LogP contribution in [0.5, 0.6) is 0 Å². The van der Waals surface area contributed by atoms with Gasteiger partial charge in [-0.2, -0.15) is 0 Å². The van der Waals surface area contributed by atoms with E-state index in [-0.39, 0.29) is 11.2 Å². The van der Waals surface area contributed by atoms with Crippen LogP contribution in [0.3, 0.4) is 0 Å². The molecule has 0 unspecified atom stereocenters. The first-order chi connectivity index (χ1) is 12.1. The molecule has 134 valence electrons. The van der Waals surface area contributed by atoms with E-state index < -0.39 is 0 Å². The van der Waals surface area contributed by atoms with Crippen LogP contribution in [-0.4, -0.2) is 27.4 Å². The molecule has 0 saturated heterocycles. The van der Waals surface area contributed by atoms with Crippen molar-refractivity contribution in [3.63, 3.8) is 0 Å². The normalized spacial score (nSPS) is 17.0. The van der Waals surface area contributed by atoms with Crippen LogP contribution in [0.1, 0.15) is 45.4 Å². The molecule has 2 aromatic rings. The zero-order valence-electron chi connectivity index (χ0n) is 14.2. The van der Waals surface area contributed by atoms with Gasteiger partial charge in [0.05, 0.1) is 5.25 Å². The third-order valence-electron chi connectivity index (χ3n) is 4.33. The average Bonchev–Trinajstić information content (AvgIpc) is 2.91. The van der Waals surface area contributed by atoms with Gasteiger partial charge in [0.25, 0.3) is 5.22 Å². The van der Waals surface area contributed by atoms with Crippen LogP contribution < -0.4 is 5.32 Å². The van der Waals surface area contributed by atoms with Crippen molar-refractivity contribution in [2.75, 3.05) is 0 Å². The quantitative estimate of drug-likeness (QED) is 0.601. The highest BCUT2D eigenvalue weighted by Crippen LogP contribution is 2.27. The van der Waals surface area contributed by atoms with Crippen LogP contribution in [0.4, 0.5) is 0 Å². The first kappa shape index (κ1) is 18.3. The Morgan fingerprint density at radius 1 is 1.28 bits per heavy atom. The Morgan fingerprint density at radius 2 is 2.04 bits per heavy atom. The van der Waals surface area contributed by atoms with Crippen molar-refractivity contribution >= 4 is 29.3 Å². The Hall–Kier alpha value is -1.53. The van der Waals surface area contributed by atoms with Gasteiger partial charge in [-0.15, -0.1) is 10.2 Å². The van der Waals surface area contributed by atoms with Crippen LogP contribution in [-0.2, 0) is 4.79 Å². The molecule has 25 heavy (non-hydrogen) atoms. The minimum absolute atomic E-state index is 0.0272. The first-order valence-corrected chi connectivity index (χ1v) is 9.94. The Balaban J connectivity index is 1.57. The number of rotatable bonds is 5. The smallest absolute Gasteiger partial charge is 0.277 e. The minimum Gasteiger partial charge on any atom is -0.411 e. The summed E-state index contributed by atoms with van der Waals surface area (Å²) in [5.74, 6) is 0.431. The molecule has 1 atom stereocenters. The summed E-state index contributed by atoms with van der Waals surface area (Å²) < 4.78 is 5.66. The molecule has 1 amide bonds. The van der Waals surface area contributed by atoms with Gasteiger partial charge in [0.2, 0.25) is 11.8 Å². The molecule has 0 bridgehead atoms. The van der Waals surface area contributed by atoms with Crippen molar-refractivity contribution in [2.24, 2.45) is 0 Å². The molecule has 0 aliphatic heterocycles. The minimum atomic E-state index is -0.282. The van der Waals surface area contributed by atoms with E-state index in [0.717, 1.165) is 18.4 Å². The standard InChI is InChI=1S/C18H22ClN3O2S/c1-12(16(23)20-15-9-4-2-3-5-10-15)25-18-22-21-17(24-18)13-7-6-8-14(19)11-13/h6-8,11-12,15H,2-5,9-10H2,1H3,(H,20,23)/t12-/m0/s1. The Bertz CT molecular complexity index is 714. The van der Waals surface area contributed by atoms with E-state index in [1.165, 1.54) is 37.4 Å². The van der Waals surface area contributed by atoms with Crippen molar-refractivity contribution in [2.45, 2.75) is 62.0 Å². The molecule has 1 fully saturated rings. The average molecular weight is 380 g/mol. The number of hydrogen-bond donors (Lipinski definition) is 1. The van der Waals surface area contributed by atoms with Crippen LogP contribution >= 0.6 is 23.4 Å². The fourth-order valence-corrected chi connectivity index (χ4v) is 3.83. The summed E-state index contributed by atoms with van der Waals surface area (Å²) in [5.41, 5.74) is 0.766. The fraction of sp³-hybridized carbons (Fsp3) is 0.500. The predicted molar refractivity (Wildman–Crippen MR) is 99.7 cm³/mol. The SMILES string of the molecule is C[C@H](Sc1nnc(-c2cccc(Cl)c2)o1)C(=O)NC1CCCCCC1. The summed E-state index contributed by atoms with van der Waals surface area (Å²) in [5, 5.41) is 11.9. The molecule has 5 nitrogen and oxygen atoms in total. The summed E-state index contributed by atoms with van der Waals surface area (Å²) in [7, 11) is 0. The van der Waals surface area contributed by atoms with Crippen molar-refractivity contribution < 1.29 is 9.21 Å². The van der Waals surface area contributed by atoms with Gasteiger partial charge >= 0.3 is 0 Å². The fourth-order valence-electron chi connectivity index (χ4n) is 2.94. The highest BCUT2D eigenvalue weighted by molar-refractivity contribution is 8.00. The van der Waals surface area contributed by atoms with Gasteiger partial charge in [0, 0.05) is 16.6 Å². The Kier molecular flexibility index (Phi) is 6.37. The maximum Gasteiger partial charge on any atom is 0.277 e. The zero-order chi connectivity index (χ0) is 17.6. The number of halogens is 1. The molecule has 1 aromatic carbocycles. The second kappa shape index (κ2) is 8.72. The lowest BCUT2D eigenvalue weighted by molar-refractivity contribution is -0.121. The second-order valence-corrected chi connectivity index (χ2v) is 8.07. The lowest BCUT2D eigenvalue weighted by atomic mass is 10.1. The van der Waals surface area contributed by atoms with Gasteiger partial charge < -0.3 is 9.73 Å². The zero-order valence-corrected chi connectivity index (χ0v) is 15.8. The lowest BCUT2D eigenvalue weighted by Crippen LogP contribution is -2.39. The monoisotopic (exact) mass is 379 g/mol. The van der Waals surface area contributed by atoms with Crippen LogP contribution in [0.25, 0.3) is 11.5 Å². The first-order valence-electron chi connectivity index (χ1n) is 8.68. The molecular weight excluding hydrogens is 358 g/mol. The summed E-state index contributed by atoms with van der Waals surface area (Å²) in [6.45, 7) is 1.86.